The van der Waals surface area contributed by atoms with Gasteiger partial charge in [0.05, 0.1) is 5.56 Å². The number of halogens is 4. The first-order valence-corrected chi connectivity index (χ1v) is 7.09. The molecule has 0 N–H and O–H groups in total. The van der Waals surface area contributed by atoms with E-state index in [-0.39, 0.29) is 11.4 Å². The van der Waals surface area contributed by atoms with Gasteiger partial charge < -0.3 is 4.90 Å². The maximum Gasteiger partial charge on any atom is 0.416 e. The summed E-state index contributed by atoms with van der Waals surface area (Å²) in [6.45, 7) is 2.47. The first-order valence-electron chi connectivity index (χ1n) is 6.56. The Morgan fingerprint density at radius 3 is 2.19 bits per heavy atom. The highest BCUT2D eigenvalue weighted by atomic mass is 35.5. The molecule has 112 valence electrons. The molecule has 0 saturated carbocycles. The van der Waals surface area contributed by atoms with Gasteiger partial charge in [0.15, 0.2) is 0 Å². The summed E-state index contributed by atoms with van der Waals surface area (Å²) >= 11 is 5.61. The van der Waals surface area contributed by atoms with Crippen LogP contribution in [0.2, 0.25) is 0 Å². The van der Waals surface area contributed by atoms with Crippen molar-refractivity contribution < 1.29 is 13.2 Å². The number of hydrogen-bond donors (Lipinski definition) is 0. The molecule has 2 aromatic rings. The minimum Gasteiger partial charge on any atom is -0.342 e. The van der Waals surface area contributed by atoms with Crippen molar-refractivity contribution in [2.75, 3.05) is 11.4 Å². The zero-order chi connectivity index (χ0) is 15.5. The summed E-state index contributed by atoms with van der Waals surface area (Å²) in [5, 5.41) is 0. The molecular weight excluding hydrogens is 299 g/mol. The Balaban J connectivity index is 2.48. The fourth-order valence-corrected chi connectivity index (χ4v) is 2.47. The average molecular weight is 314 g/mol. The monoisotopic (exact) mass is 313 g/mol. The van der Waals surface area contributed by atoms with Gasteiger partial charge in [-0.2, -0.15) is 13.2 Å². The normalized spacial score (nSPS) is 11.5. The molecule has 0 aromatic heterocycles. The van der Waals surface area contributed by atoms with Gasteiger partial charge >= 0.3 is 6.18 Å². The standard InChI is InChI=1S/C16H15ClF3N/c1-2-21(13-6-4-3-5-7-13)14-9-8-12(11-17)15(10-14)16(18,19)20/h3-10H,2,11H2,1H3. The second-order valence-electron chi connectivity index (χ2n) is 4.55. The highest BCUT2D eigenvalue weighted by Gasteiger charge is 2.33. The number of alkyl halides is 4. The first kappa shape index (κ1) is 15.7. The van der Waals surface area contributed by atoms with E-state index in [2.05, 4.69) is 0 Å². The summed E-state index contributed by atoms with van der Waals surface area (Å²) in [5.41, 5.74) is 0.776. The summed E-state index contributed by atoms with van der Waals surface area (Å²) < 4.78 is 39.3. The van der Waals surface area contributed by atoms with Crippen molar-refractivity contribution in [1.82, 2.24) is 0 Å². The Kier molecular flexibility index (Phi) is 4.78. The Hall–Kier alpha value is -1.68. The van der Waals surface area contributed by atoms with Crippen LogP contribution < -0.4 is 4.90 Å². The highest BCUT2D eigenvalue weighted by molar-refractivity contribution is 6.17. The van der Waals surface area contributed by atoms with Crippen molar-refractivity contribution in [2.24, 2.45) is 0 Å². The minimum atomic E-state index is -4.41. The third-order valence-corrected chi connectivity index (χ3v) is 3.53. The van der Waals surface area contributed by atoms with Gasteiger partial charge in [0, 0.05) is 23.8 Å². The van der Waals surface area contributed by atoms with Crippen LogP contribution in [0.4, 0.5) is 24.5 Å². The third kappa shape index (κ3) is 3.50. The average Bonchev–Trinajstić information content (AvgIpc) is 2.48. The lowest BCUT2D eigenvalue weighted by Crippen LogP contribution is -2.17. The van der Waals surface area contributed by atoms with E-state index in [0.29, 0.717) is 12.2 Å². The summed E-state index contributed by atoms with van der Waals surface area (Å²) in [4.78, 5) is 1.83. The van der Waals surface area contributed by atoms with Gasteiger partial charge in [-0.05, 0) is 36.8 Å². The Labute approximate surface area is 127 Å². The molecule has 21 heavy (non-hydrogen) atoms. The Morgan fingerprint density at radius 2 is 1.67 bits per heavy atom. The van der Waals surface area contributed by atoms with Crippen molar-refractivity contribution >= 4 is 23.0 Å². The number of nitrogens with zero attached hydrogens (tertiary/aromatic N) is 1. The van der Waals surface area contributed by atoms with Crippen LogP contribution in [0.25, 0.3) is 0 Å². The zero-order valence-corrected chi connectivity index (χ0v) is 12.2. The van der Waals surface area contributed by atoms with Crippen LogP contribution in [0.1, 0.15) is 18.1 Å². The molecular formula is C16H15ClF3N. The van der Waals surface area contributed by atoms with Crippen LogP contribution in [0.15, 0.2) is 48.5 Å². The van der Waals surface area contributed by atoms with Crippen LogP contribution in [0.3, 0.4) is 0 Å². The van der Waals surface area contributed by atoms with Crippen molar-refractivity contribution in [2.45, 2.75) is 19.0 Å². The molecule has 0 aliphatic heterocycles. The van der Waals surface area contributed by atoms with Crippen LogP contribution in [-0.4, -0.2) is 6.54 Å². The van der Waals surface area contributed by atoms with Gasteiger partial charge in [-0.25, -0.2) is 0 Å². The number of para-hydroxylation sites is 1. The maximum absolute atomic E-state index is 13.1. The number of rotatable bonds is 4. The van der Waals surface area contributed by atoms with Crippen molar-refractivity contribution in [3.05, 3.63) is 59.7 Å². The molecule has 0 aliphatic rings. The summed E-state index contributed by atoms with van der Waals surface area (Å²) in [5.74, 6) is -0.160. The minimum absolute atomic E-state index is 0.0945. The number of hydrogen-bond acceptors (Lipinski definition) is 1. The quantitative estimate of drug-likeness (QED) is 0.664. The fourth-order valence-electron chi connectivity index (χ4n) is 2.23. The van der Waals surface area contributed by atoms with Crippen molar-refractivity contribution in [1.29, 1.82) is 0 Å². The van der Waals surface area contributed by atoms with Crippen LogP contribution in [-0.2, 0) is 12.1 Å². The van der Waals surface area contributed by atoms with Gasteiger partial charge in [-0.15, -0.1) is 11.6 Å². The molecule has 2 rings (SSSR count). The molecule has 0 aliphatic carbocycles. The van der Waals surface area contributed by atoms with Gasteiger partial charge in [0.2, 0.25) is 0 Å². The van der Waals surface area contributed by atoms with E-state index in [9.17, 15) is 13.2 Å². The lowest BCUT2D eigenvalue weighted by Gasteiger charge is -2.25. The van der Waals surface area contributed by atoms with Crippen LogP contribution >= 0.6 is 11.6 Å². The Morgan fingerprint density at radius 1 is 1.00 bits per heavy atom. The molecule has 5 heteroatoms. The molecule has 0 spiro atoms. The largest absolute Gasteiger partial charge is 0.416 e. The van der Waals surface area contributed by atoms with E-state index < -0.39 is 11.7 Å². The maximum atomic E-state index is 13.1. The summed E-state index contributed by atoms with van der Waals surface area (Å²) in [6, 6.07) is 13.6. The molecule has 0 amide bonds. The van der Waals surface area contributed by atoms with Crippen molar-refractivity contribution in [3.8, 4) is 0 Å². The molecule has 0 atom stereocenters. The number of anilines is 2. The summed E-state index contributed by atoms with van der Waals surface area (Å²) in [6.07, 6.45) is -4.41. The van der Waals surface area contributed by atoms with E-state index >= 15 is 0 Å². The second kappa shape index (κ2) is 6.39. The molecule has 0 unspecified atom stereocenters. The predicted octanol–water partition coefficient (Wildman–Crippen LogP) is 5.60. The number of benzene rings is 2. The lowest BCUT2D eigenvalue weighted by atomic mass is 10.1. The van der Waals surface area contributed by atoms with Crippen molar-refractivity contribution in [3.63, 3.8) is 0 Å². The van der Waals surface area contributed by atoms with Gasteiger partial charge in [0.1, 0.15) is 0 Å². The van der Waals surface area contributed by atoms with E-state index in [4.69, 9.17) is 11.6 Å². The second-order valence-corrected chi connectivity index (χ2v) is 4.82. The summed E-state index contributed by atoms with van der Waals surface area (Å²) in [7, 11) is 0. The molecule has 0 radical (unpaired) electrons. The van der Waals surface area contributed by atoms with Gasteiger partial charge in [-0.1, -0.05) is 24.3 Å². The fraction of sp³-hybridized carbons (Fsp3) is 0.250. The van der Waals surface area contributed by atoms with E-state index in [0.717, 1.165) is 11.8 Å². The molecule has 0 saturated heterocycles. The topological polar surface area (TPSA) is 3.24 Å². The Bertz CT molecular complexity index is 596. The predicted molar refractivity (Wildman–Crippen MR) is 80.1 cm³/mol. The SMILES string of the molecule is CCN(c1ccccc1)c1ccc(CCl)c(C(F)(F)F)c1. The van der Waals surface area contributed by atoms with E-state index in [1.165, 1.54) is 6.07 Å². The van der Waals surface area contributed by atoms with Gasteiger partial charge in [-0.3, -0.25) is 0 Å². The molecule has 0 bridgehead atoms. The first-order chi connectivity index (χ1) is 9.97. The van der Waals surface area contributed by atoms with Crippen LogP contribution in [0.5, 0.6) is 0 Å². The zero-order valence-electron chi connectivity index (χ0n) is 11.5. The molecule has 2 aromatic carbocycles. The van der Waals surface area contributed by atoms with Crippen LogP contribution in [0, 0.1) is 0 Å². The molecule has 1 nitrogen and oxygen atoms in total. The molecule has 0 heterocycles. The third-order valence-electron chi connectivity index (χ3n) is 3.24. The van der Waals surface area contributed by atoms with E-state index in [1.807, 2.05) is 42.2 Å². The van der Waals surface area contributed by atoms with Gasteiger partial charge in [0.25, 0.3) is 0 Å². The van der Waals surface area contributed by atoms with E-state index in [1.54, 1.807) is 6.07 Å². The lowest BCUT2D eigenvalue weighted by molar-refractivity contribution is -0.138. The molecule has 0 fully saturated rings. The highest BCUT2D eigenvalue weighted by Crippen LogP contribution is 2.36. The smallest absolute Gasteiger partial charge is 0.342 e.